The van der Waals surface area contributed by atoms with E-state index in [-0.39, 0.29) is 110 Å². The van der Waals surface area contributed by atoms with Crippen molar-refractivity contribution in [2.75, 3.05) is 173 Å². The molecule has 0 unspecified atom stereocenters. The molecule has 18 heteroatoms. The summed E-state index contributed by atoms with van der Waals surface area (Å²) in [6, 6.07) is 36.5. The second-order valence-corrected chi connectivity index (χ2v) is 21.6. The summed E-state index contributed by atoms with van der Waals surface area (Å²) in [5, 5.41) is 0. The average Bonchev–Trinajstić information content (AvgIpc) is 3.66. The molecule has 0 aliphatic heterocycles. The molecule has 6 aromatic rings. The molecule has 0 spiro atoms. The van der Waals surface area contributed by atoms with Gasteiger partial charge in [-0.1, -0.05) is 6.92 Å². The number of rotatable bonds is 31. The van der Waals surface area contributed by atoms with Gasteiger partial charge in [-0.15, -0.1) is 0 Å². The lowest BCUT2D eigenvalue weighted by molar-refractivity contribution is -0.0837. The summed E-state index contributed by atoms with van der Waals surface area (Å²) in [7, 11) is 22.5. The number of carbonyl (C=O) groups is 6. The van der Waals surface area contributed by atoms with Gasteiger partial charge in [-0.2, -0.15) is 0 Å². The van der Waals surface area contributed by atoms with Crippen molar-refractivity contribution in [1.29, 1.82) is 0 Å². The standard InChI is InChI=1S/C66H80N6O12/c1-14-66(42-79-33-36-82-63(76)57-39-51(70(8)9)27-30-54(57)60(73)45-15-21-48(22-16-45)67(2)3,43-80-34-37-83-64(77)58-40-52(71(10)11)28-31-55(58)61(74)46-17-23-49(24-18-46)68(4)5)44-81-35-38-84-65(78)59-41-53(72(12)13)29-32-56(59)62(75)47-19-25-50(26-20-47)69(6)7/h15-32,39-41H,14,33-38,42-44H2,1-13H3. The number of hydrogen-bond donors (Lipinski definition) is 0. The van der Waals surface area contributed by atoms with Gasteiger partial charge < -0.3 is 57.8 Å². The number of ether oxygens (including phenoxy) is 6. The first-order valence-electron chi connectivity index (χ1n) is 27.7. The molecule has 0 radical (unpaired) electrons. The van der Waals surface area contributed by atoms with Crippen LogP contribution in [-0.4, -0.2) is 179 Å². The van der Waals surface area contributed by atoms with Gasteiger partial charge in [0.25, 0.3) is 0 Å². The summed E-state index contributed by atoms with van der Waals surface area (Å²) in [5.74, 6) is -3.06. The van der Waals surface area contributed by atoms with Crippen LogP contribution in [0.2, 0.25) is 0 Å². The van der Waals surface area contributed by atoms with Crippen LogP contribution in [-0.2, 0) is 28.4 Å². The molecule has 0 fully saturated rings. The zero-order valence-corrected chi connectivity index (χ0v) is 50.8. The number of anilines is 6. The molecule has 84 heavy (non-hydrogen) atoms. The quantitative estimate of drug-likeness (QED) is 0.0174. The van der Waals surface area contributed by atoms with E-state index in [1.807, 2.05) is 157 Å². The second-order valence-electron chi connectivity index (χ2n) is 21.6. The predicted molar refractivity (Wildman–Crippen MR) is 331 cm³/mol. The summed E-state index contributed by atoms with van der Waals surface area (Å²) < 4.78 is 35.8. The zero-order chi connectivity index (χ0) is 61.3. The van der Waals surface area contributed by atoms with E-state index in [2.05, 4.69) is 0 Å². The highest BCUT2D eigenvalue weighted by Crippen LogP contribution is 2.29. The van der Waals surface area contributed by atoms with Crippen LogP contribution >= 0.6 is 0 Å². The predicted octanol–water partition coefficient (Wildman–Crippen LogP) is 9.09. The van der Waals surface area contributed by atoms with Gasteiger partial charge in [-0.25, -0.2) is 14.4 Å². The molecule has 0 aliphatic carbocycles. The molecule has 0 saturated heterocycles. The molecule has 446 valence electrons. The molecule has 0 aromatic heterocycles. The van der Waals surface area contributed by atoms with Crippen molar-refractivity contribution < 1.29 is 57.2 Å². The molecule has 0 atom stereocenters. The molecular formula is C66H80N6O12. The third kappa shape index (κ3) is 17.0. The maximum Gasteiger partial charge on any atom is 0.339 e. The number of carbonyl (C=O) groups excluding carboxylic acids is 6. The fourth-order valence-corrected chi connectivity index (χ4v) is 8.84. The first kappa shape index (κ1) is 64.6. The Balaban J connectivity index is 1.13. The van der Waals surface area contributed by atoms with Crippen molar-refractivity contribution in [3.63, 3.8) is 0 Å². The highest BCUT2D eigenvalue weighted by molar-refractivity contribution is 6.16. The molecule has 0 N–H and O–H groups in total. The molecule has 6 aromatic carbocycles. The molecule has 0 heterocycles. The van der Waals surface area contributed by atoms with E-state index >= 15 is 0 Å². The van der Waals surface area contributed by atoms with Crippen molar-refractivity contribution in [2.45, 2.75) is 13.3 Å². The minimum atomic E-state index is -0.816. The zero-order valence-electron chi connectivity index (χ0n) is 50.8. The number of benzene rings is 6. The molecular weight excluding hydrogens is 1070 g/mol. The molecule has 0 amide bonds. The number of ketones is 3. The summed E-state index contributed by atoms with van der Waals surface area (Å²) in [4.78, 5) is 94.2. The normalized spacial score (nSPS) is 11.1. The Kier molecular flexibility index (Phi) is 23.2. The first-order chi connectivity index (χ1) is 40.0. The monoisotopic (exact) mass is 1150 g/mol. The van der Waals surface area contributed by atoms with Crippen LogP contribution in [0, 0.1) is 5.41 Å². The molecule has 6 rings (SSSR count). The van der Waals surface area contributed by atoms with Crippen molar-refractivity contribution in [2.24, 2.45) is 5.41 Å². The Morgan fingerprint density at radius 1 is 0.310 bits per heavy atom. The minimum Gasteiger partial charge on any atom is -0.460 e. The Bertz CT molecular complexity index is 2890. The molecule has 18 nitrogen and oxygen atoms in total. The van der Waals surface area contributed by atoms with E-state index in [9.17, 15) is 28.8 Å². The third-order valence-electron chi connectivity index (χ3n) is 14.2. The summed E-state index contributed by atoms with van der Waals surface area (Å²) in [6.45, 7) is 1.64. The van der Waals surface area contributed by atoms with Gasteiger partial charge in [0, 0.05) is 157 Å². The lowest BCUT2D eigenvalue weighted by Crippen LogP contribution is -2.38. The Morgan fingerprint density at radius 2 is 0.536 bits per heavy atom. The van der Waals surface area contributed by atoms with E-state index in [1.54, 1.807) is 91.0 Å². The third-order valence-corrected chi connectivity index (χ3v) is 14.2. The Morgan fingerprint density at radius 3 is 0.750 bits per heavy atom. The molecule has 0 saturated carbocycles. The summed E-state index contributed by atoms with van der Waals surface area (Å²) in [6.07, 6.45) is 0.474. The fourth-order valence-electron chi connectivity index (χ4n) is 8.84. The van der Waals surface area contributed by atoms with Crippen LogP contribution in [0.3, 0.4) is 0 Å². The van der Waals surface area contributed by atoms with Crippen LogP contribution in [0.1, 0.15) is 92.2 Å². The van der Waals surface area contributed by atoms with Gasteiger partial charge in [-0.05, 0) is 134 Å². The van der Waals surface area contributed by atoms with Crippen LogP contribution < -0.4 is 29.4 Å². The van der Waals surface area contributed by atoms with Crippen LogP contribution in [0.5, 0.6) is 0 Å². The van der Waals surface area contributed by atoms with Crippen molar-refractivity contribution in [1.82, 2.24) is 0 Å². The largest absolute Gasteiger partial charge is 0.460 e. The number of esters is 3. The van der Waals surface area contributed by atoms with Gasteiger partial charge in [0.05, 0.1) is 56.3 Å². The molecule has 0 aliphatic rings. The lowest BCUT2D eigenvalue weighted by atomic mass is 9.88. The van der Waals surface area contributed by atoms with Crippen LogP contribution in [0.4, 0.5) is 34.1 Å². The fraction of sp³-hybridized carbons (Fsp3) is 0.364. The SMILES string of the molecule is CCC(COCCOC(=O)c1cc(N(C)C)ccc1C(=O)c1ccc(N(C)C)cc1)(COCCOC(=O)c1cc(N(C)C)ccc1C(=O)c1ccc(N(C)C)cc1)COCCOC(=O)c1cc(N(C)C)ccc1C(=O)c1ccc(N(C)C)cc1. The summed E-state index contributed by atoms with van der Waals surface area (Å²) in [5.41, 5.74) is 6.25. The van der Waals surface area contributed by atoms with E-state index in [0.29, 0.717) is 40.2 Å². The van der Waals surface area contributed by atoms with Gasteiger partial charge >= 0.3 is 17.9 Å². The van der Waals surface area contributed by atoms with Crippen LogP contribution in [0.15, 0.2) is 127 Å². The Labute approximate surface area is 494 Å². The van der Waals surface area contributed by atoms with Crippen molar-refractivity contribution in [3.8, 4) is 0 Å². The van der Waals surface area contributed by atoms with E-state index in [1.165, 1.54) is 0 Å². The van der Waals surface area contributed by atoms with E-state index in [4.69, 9.17) is 28.4 Å². The molecule has 0 bridgehead atoms. The highest BCUT2D eigenvalue weighted by atomic mass is 16.6. The highest BCUT2D eigenvalue weighted by Gasteiger charge is 2.31. The topological polar surface area (TPSA) is 177 Å². The van der Waals surface area contributed by atoms with Gasteiger partial charge in [0.15, 0.2) is 17.3 Å². The minimum absolute atomic E-state index is 0.0227. The van der Waals surface area contributed by atoms with E-state index < -0.39 is 23.3 Å². The van der Waals surface area contributed by atoms with Crippen molar-refractivity contribution in [3.05, 3.63) is 177 Å². The maximum absolute atomic E-state index is 13.8. The van der Waals surface area contributed by atoms with Crippen LogP contribution in [0.25, 0.3) is 0 Å². The van der Waals surface area contributed by atoms with Crippen molar-refractivity contribution >= 4 is 69.4 Å². The number of nitrogens with zero attached hydrogens (tertiary/aromatic N) is 6. The smallest absolute Gasteiger partial charge is 0.339 e. The van der Waals surface area contributed by atoms with Gasteiger partial charge in [0.2, 0.25) is 0 Å². The summed E-state index contributed by atoms with van der Waals surface area (Å²) >= 11 is 0. The maximum atomic E-state index is 13.8. The Hall–Kier alpha value is -8.58. The lowest BCUT2D eigenvalue weighted by Gasteiger charge is -2.32. The van der Waals surface area contributed by atoms with E-state index in [0.717, 1.165) is 17.1 Å². The average molecular weight is 1150 g/mol. The van der Waals surface area contributed by atoms with Gasteiger partial charge in [0.1, 0.15) is 19.8 Å². The number of hydrogen-bond acceptors (Lipinski definition) is 18. The van der Waals surface area contributed by atoms with Gasteiger partial charge in [-0.3, -0.25) is 14.4 Å². The second kappa shape index (κ2) is 30.1. The first-order valence-corrected chi connectivity index (χ1v) is 27.7.